The first kappa shape index (κ1) is 18.6. The second-order valence-electron chi connectivity index (χ2n) is 6.61. The van der Waals surface area contributed by atoms with Crippen molar-refractivity contribution in [3.05, 3.63) is 54.0 Å². The van der Waals surface area contributed by atoms with Crippen LogP contribution in [0.1, 0.15) is 29.0 Å². The van der Waals surface area contributed by atoms with E-state index in [-0.39, 0.29) is 17.7 Å². The molecule has 0 bridgehead atoms. The molecule has 0 saturated carbocycles. The van der Waals surface area contributed by atoms with E-state index < -0.39 is 0 Å². The predicted molar refractivity (Wildman–Crippen MR) is 102 cm³/mol. The van der Waals surface area contributed by atoms with E-state index in [4.69, 9.17) is 4.42 Å². The maximum absolute atomic E-state index is 12.8. The maximum Gasteiger partial charge on any atom is 0.289 e. The van der Waals surface area contributed by atoms with Gasteiger partial charge in [-0.25, -0.2) is 0 Å². The number of carbonyl (C=O) groups is 2. The van der Waals surface area contributed by atoms with Crippen molar-refractivity contribution < 1.29 is 14.0 Å². The SMILES string of the molecule is CSc1ccc(CN(C)C(=O)C2CCCN(C(=O)c3ccco3)C2)cc1. The third-order valence-corrected chi connectivity index (χ3v) is 5.49. The first-order valence-electron chi connectivity index (χ1n) is 8.79. The zero-order valence-electron chi connectivity index (χ0n) is 15.2. The van der Waals surface area contributed by atoms with Crippen molar-refractivity contribution in [3.63, 3.8) is 0 Å². The van der Waals surface area contributed by atoms with Crippen molar-refractivity contribution >= 4 is 23.6 Å². The topological polar surface area (TPSA) is 53.8 Å². The summed E-state index contributed by atoms with van der Waals surface area (Å²) in [6.45, 7) is 1.70. The number of piperidine rings is 1. The van der Waals surface area contributed by atoms with Gasteiger partial charge < -0.3 is 14.2 Å². The average molecular weight is 372 g/mol. The van der Waals surface area contributed by atoms with Crippen molar-refractivity contribution in [3.8, 4) is 0 Å². The lowest BCUT2D eigenvalue weighted by Crippen LogP contribution is -2.45. The molecule has 1 fully saturated rings. The van der Waals surface area contributed by atoms with Gasteiger partial charge >= 0.3 is 0 Å². The molecule has 1 aromatic carbocycles. The van der Waals surface area contributed by atoms with Crippen LogP contribution in [0.15, 0.2) is 52.0 Å². The van der Waals surface area contributed by atoms with Gasteiger partial charge in [0, 0.05) is 31.6 Å². The fourth-order valence-corrected chi connectivity index (χ4v) is 3.72. The molecule has 26 heavy (non-hydrogen) atoms. The van der Waals surface area contributed by atoms with Crippen LogP contribution < -0.4 is 0 Å². The predicted octanol–water partition coefficient (Wildman–Crippen LogP) is 3.51. The Morgan fingerprint density at radius 3 is 2.69 bits per heavy atom. The molecule has 1 aliphatic heterocycles. The van der Waals surface area contributed by atoms with Crippen LogP contribution >= 0.6 is 11.8 Å². The molecular weight excluding hydrogens is 348 g/mol. The summed E-state index contributed by atoms with van der Waals surface area (Å²) >= 11 is 1.70. The summed E-state index contributed by atoms with van der Waals surface area (Å²) in [6, 6.07) is 11.6. The van der Waals surface area contributed by atoms with Crippen LogP contribution in [0.4, 0.5) is 0 Å². The summed E-state index contributed by atoms with van der Waals surface area (Å²) in [6.07, 6.45) is 5.19. The molecule has 1 aliphatic rings. The van der Waals surface area contributed by atoms with E-state index in [1.54, 1.807) is 33.7 Å². The number of carbonyl (C=O) groups excluding carboxylic acids is 2. The van der Waals surface area contributed by atoms with Crippen LogP contribution in [0, 0.1) is 5.92 Å². The minimum Gasteiger partial charge on any atom is -0.459 e. The standard InChI is InChI=1S/C20H24N2O3S/c1-21(13-15-7-9-17(26-2)10-8-15)19(23)16-5-3-11-22(14-16)20(24)18-6-4-12-25-18/h4,6-10,12,16H,3,5,11,13-14H2,1-2H3. The molecule has 3 rings (SSSR count). The van der Waals surface area contributed by atoms with Crippen LogP contribution in [0.3, 0.4) is 0 Å². The molecule has 1 aromatic heterocycles. The van der Waals surface area contributed by atoms with E-state index in [1.807, 2.05) is 13.3 Å². The molecule has 1 atom stereocenters. The van der Waals surface area contributed by atoms with Crippen molar-refractivity contribution in [1.82, 2.24) is 9.80 Å². The van der Waals surface area contributed by atoms with Gasteiger partial charge in [-0.3, -0.25) is 9.59 Å². The second kappa shape index (κ2) is 8.45. The third kappa shape index (κ3) is 4.30. The lowest BCUT2D eigenvalue weighted by Gasteiger charge is -2.33. The molecule has 0 radical (unpaired) electrons. The minimum atomic E-state index is -0.155. The van der Waals surface area contributed by atoms with Gasteiger partial charge in [0.15, 0.2) is 5.76 Å². The summed E-state index contributed by atoms with van der Waals surface area (Å²) in [5, 5.41) is 0. The number of benzene rings is 1. The number of likely N-dealkylation sites (tertiary alicyclic amines) is 1. The molecule has 2 aromatic rings. The second-order valence-corrected chi connectivity index (χ2v) is 7.49. The Morgan fingerprint density at radius 1 is 1.27 bits per heavy atom. The van der Waals surface area contributed by atoms with E-state index in [0.29, 0.717) is 25.4 Å². The van der Waals surface area contributed by atoms with Crippen molar-refractivity contribution in [2.75, 3.05) is 26.4 Å². The van der Waals surface area contributed by atoms with Crippen molar-refractivity contribution in [2.45, 2.75) is 24.3 Å². The molecule has 6 heteroatoms. The van der Waals surface area contributed by atoms with Gasteiger partial charge in [0.05, 0.1) is 12.2 Å². The number of furan rings is 1. The average Bonchev–Trinajstić information content (AvgIpc) is 3.22. The number of hydrogen-bond acceptors (Lipinski definition) is 4. The lowest BCUT2D eigenvalue weighted by molar-refractivity contribution is -0.136. The van der Waals surface area contributed by atoms with Crippen molar-refractivity contribution in [1.29, 1.82) is 0 Å². The summed E-state index contributed by atoms with van der Waals surface area (Å²) in [5.41, 5.74) is 1.11. The highest BCUT2D eigenvalue weighted by Crippen LogP contribution is 2.22. The van der Waals surface area contributed by atoms with Crippen LogP contribution in [0.2, 0.25) is 0 Å². The van der Waals surface area contributed by atoms with E-state index >= 15 is 0 Å². The largest absolute Gasteiger partial charge is 0.459 e. The Balaban J connectivity index is 1.60. The van der Waals surface area contributed by atoms with Gasteiger partial charge in [0.2, 0.25) is 5.91 Å². The molecule has 5 nitrogen and oxygen atoms in total. The van der Waals surface area contributed by atoms with Crippen LogP contribution in [0.5, 0.6) is 0 Å². The van der Waals surface area contributed by atoms with E-state index in [9.17, 15) is 9.59 Å². The number of thioether (sulfide) groups is 1. The first-order valence-corrected chi connectivity index (χ1v) is 10.0. The summed E-state index contributed by atoms with van der Waals surface area (Å²) in [5.74, 6) is 0.136. The van der Waals surface area contributed by atoms with Gasteiger partial charge in [0.1, 0.15) is 0 Å². The van der Waals surface area contributed by atoms with Crippen LogP contribution in [-0.2, 0) is 11.3 Å². The molecule has 2 amide bonds. The summed E-state index contributed by atoms with van der Waals surface area (Å²) in [7, 11) is 1.83. The molecule has 0 aliphatic carbocycles. The number of amides is 2. The fraction of sp³-hybridized carbons (Fsp3) is 0.400. The highest BCUT2D eigenvalue weighted by atomic mass is 32.2. The molecule has 1 unspecified atom stereocenters. The zero-order chi connectivity index (χ0) is 18.5. The molecular formula is C20H24N2O3S. The Morgan fingerprint density at radius 2 is 2.04 bits per heavy atom. The third-order valence-electron chi connectivity index (χ3n) is 4.74. The highest BCUT2D eigenvalue weighted by Gasteiger charge is 2.31. The van der Waals surface area contributed by atoms with E-state index in [2.05, 4.69) is 24.3 Å². The maximum atomic E-state index is 12.8. The normalized spacial score (nSPS) is 17.2. The monoisotopic (exact) mass is 372 g/mol. The Kier molecular flexibility index (Phi) is 6.04. The molecule has 0 spiro atoms. The smallest absolute Gasteiger partial charge is 0.289 e. The summed E-state index contributed by atoms with van der Waals surface area (Å²) < 4.78 is 5.20. The van der Waals surface area contributed by atoms with Gasteiger partial charge in [-0.2, -0.15) is 0 Å². The van der Waals surface area contributed by atoms with Crippen LogP contribution in [-0.4, -0.2) is 48.0 Å². The lowest BCUT2D eigenvalue weighted by atomic mass is 9.96. The van der Waals surface area contributed by atoms with Crippen LogP contribution in [0.25, 0.3) is 0 Å². The van der Waals surface area contributed by atoms with Crippen molar-refractivity contribution in [2.24, 2.45) is 5.92 Å². The molecule has 138 valence electrons. The summed E-state index contributed by atoms with van der Waals surface area (Å²) in [4.78, 5) is 30.0. The molecule has 1 saturated heterocycles. The van der Waals surface area contributed by atoms with E-state index in [0.717, 1.165) is 18.4 Å². The Bertz CT molecular complexity index is 743. The highest BCUT2D eigenvalue weighted by molar-refractivity contribution is 7.98. The Labute approximate surface area is 158 Å². The number of hydrogen-bond donors (Lipinski definition) is 0. The van der Waals surface area contributed by atoms with Gasteiger partial charge in [-0.15, -0.1) is 11.8 Å². The minimum absolute atomic E-state index is 0.0934. The van der Waals surface area contributed by atoms with Gasteiger partial charge in [-0.05, 0) is 48.9 Å². The first-order chi connectivity index (χ1) is 12.6. The quantitative estimate of drug-likeness (QED) is 0.754. The number of rotatable bonds is 5. The molecule has 0 N–H and O–H groups in total. The van der Waals surface area contributed by atoms with Gasteiger partial charge in [0.25, 0.3) is 5.91 Å². The Hall–Kier alpha value is -2.21. The zero-order valence-corrected chi connectivity index (χ0v) is 16.0. The van der Waals surface area contributed by atoms with Gasteiger partial charge in [-0.1, -0.05) is 12.1 Å². The molecule has 2 heterocycles. The van der Waals surface area contributed by atoms with E-state index in [1.165, 1.54) is 11.2 Å². The number of nitrogens with zero attached hydrogens (tertiary/aromatic N) is 2. The fourth-order valence-electron chi connectivity index (χ4n) is 3.31.